The molecule has 0 aromatic heterocycles. The predicted octanol–water partition coefficient (Wildman–Crippen LogP) is 2.09. The van der Waals surface area contributed by atoms with Crippen molar-refractivity contribution in [3.8, 4) is 0 Å². The number of rotatable bonds is 3. The topological polar surface area (TPSA) is 49.4 Å². The first-order valence-electron chi connectivity index (χ1n) is 7.41. The molecule has 114 valence electrons. The van der Waals surface area contributed by atoms with Gasteiger partial charge in [-0.1, -0.05) is 17.7 Å². The lowest BCUT2D eigenvalue weighted by atomic mass is 9.92. The van der Waals surface area contributed by atoms with Gasteiger partial charge in [0.15, 0.2) is 5.78 Å². The summed E-state index contributed by atoms with van der Waals surface area (Å²) >= 11 is 0. The van der Waals surface area contributed by atoms with Gasteiger partial charge in [-0.05, 0) is 46.2 Å². The highest BCUT2D eigenvalue weighted by molar-refractivity contribution is 6.01. The van der Waals surface area contributed by atoms with Crippen LogP contribution in [-0.4, -0.2) is 41.3 Å². The number of nitrogens with one attached hydrogen (secondary N) is 1. The summed E-state index contributed by atoms with van der Waals surface area (Å²) in [7, 11) is 0. The highest BCUT2D eigenvalue weighted by atomic mass is 16.2. The van der Waals surface area contributed by atoms with Crippen molar-refractivity contribution in [3.63, 3.8) is 0 Å². The van der Waals surface area contributed by atoms with E-state index in [4.69, 9.17) is 0 Å². The molecule has 1 aliphatic heterocycles. The smallest absolute Gasteiger partial charge is 0.240 e. The molecule has 0 saturated carbocycles. The minimum absolute atomic E-state index is 0.0191. The zero-order valence-corrected chi connectivity index (χ0v) is 13.5. The van der Waals surface area contributed by atoms with Crippen LogP contribution in [0, 0.1) is 13.8 Å². The molecule has 1 N–H and O–H groups in total. The number of carbonyl (C=O) groups excluding carboxylic acids is 2. The van der Waals surface area contributed by atoms with E-state index in [-0.39, 0.29) is 17.7 Å². The van der Waals surface area contributed by atoms with E-state index in [1.807, 2.05) is 57.7 Å². The summed E-state index contributed by atoms with van der Waals surface area (Å²) in [5, 5.41) is 2.86. The third kappa shape index (κ3) is 2.86. The molecule has 1 saturated heterocycles. The van der Waals surface area contributed by atoms with E-state index in [0.29, 0.717) is 13.1 Å². The molecule has 1 fully saturated rings. The monoisotopic (exact) mass is 288 g/mol. The predicted molar refractivity (Wildman–Crippen MR) is 83.5 cm³/mol. The maximum absolute atomic E-state index is 12.8. The number of aryl methyl sites for hydroxylation is 2. The number of benzene rings is 1. The van der Waals surface area contributed by atoms with E-state index in [9.17, 15) is 9.59 Å². The van der Waals surface area contributed by atoms with Crippen molar-refractivity contribution >= 4 is 11.7 Å². The number of piperazine rings is 1. The third-order valence-electron chi connectivity index (χ3n) is 4.42. The van der Waals surface area contributed by atoms with E-state index >= 15 is 0 Å². The summed E-state index contributed by atoms with van der Waals surface area (Å²) < 4.78 is 0. The second-order valence-corrected chi connectivity index (χ2v) is 6.37. The van der Waals surface area contributed by atoms with Crippen LogP contribution in [0.1, 0.15) is 42.3 Å². The first-order valence-corrected chi connectivity index (χ1v) is 7.41. The van der Waals surface area contributed by atoms with Crippen molar-refractivity contribution in [2.45, 2.75) is 46.2 Å². The molecule has 0 aliphatic carbocycles. The number of nitrogens with zero attached hydrogens (tertiary/aromatic N) is 1. The number of amides is 1. The Labute approximate surface area is 126 Å². The molecule has 1 unspecified atom stereocenters. The molecular formula is C17H24N2O2. The van der Waals surface area contributed by atoms with Crippen LogP contribution in [-0.2, 0) is 4.79 Å². The molecule has 0 spiro atoms. The van der Waals surface area contributed by atoms with Gasteiger partial charge in [0.1, 0.15) is 0 Å². The van der Waals surface area contributed by atoms with Crippen molar-refractivity contribution < 1.29 is 9.59 Å². The van der Waals surface area contributed by atoms with Gasteiger partial charge >= 0.3 is 0 Å². The van der Waals surface area contributed by atoms with Gasteiger partial charge in [0.25, 0.3) is 0 Å². The SMILES string of the molecule is Cc1ccc(C)c(C(=O)C(C)N2CCNC(=O)C2(C)C)c1. The summed E-state index contributed by atoms with van der Waals surface area (Å²) in [5.41, 5.74) is 2.15. The molecule has 4 heteroatoms. The zero-order chi connectivity index (χ0) is 15.8. The fourth-order valence-corrected chi connectivity index (χ4v) is 2.96. The van der Waals surface area contributed by atoms with Crippen LogP contribution in [0.15, 0.2) is 18.2 Å². The van der Waals surface area contributed by atoms with Crippen LogP contribution in [0.25, 0.3) is 0 Å². The normalized spacial score (nSPS) is 20.0. The first kappa shape index (κ1) is 15.7. The van der Waals surface area contributed by atoms with Crippen LogP contribution < -0.4 is 5.32 Å². The highest BCUT2D eigenvalue weighted by Gasteiger charge is 2.42. The Balaban J connectivity index is 2.30. The van der Waals surface area contributed by atoms with Crippen molar-refractivity contribution in [3.05, 3.63) is 34.9 Å². The fourth-order valence-electron chi connectivity index (χ4n) is 2.96. The van der Waals surface area contributed by atoms with E-state index in [0.717, 1.165) is 16.7 Å². The first-order chi connectivity index (χ1) is 9.75. The molecule has 21 heavy (non-hydrogen) atoms. The number of hydrogen-bond acceptors (Lipinski definition) is 3. The van der Waals surface area contributed by atoms with Gasteiger partial charge in [0.05, 0.1) is 11.6 Å². The van der Waals surface area contributed by atoms with Gasteiger partial charge < -0.3 is 5.32 Å². The van der Waals surface area contributed by atoms with Gasteiger partial charge in [-0.15, -0.1) is 0 Å². The number of Topliss-reactive ketones (excluding diaryl/α,β-unsaturated/α-hetero) is 1. The quantitative estimate of drug-likeness (QED) is 0.866. The summed E-state index contributed by atoms with van der Waals surface area (Å²) in [6.07, 6.45) is 0. The van der Waals surface area contributed by atoms with Crippen molar-refractivity contribution in [1.29, 1.82) is 0 Å². The fraction of sp³-hybridized carbons (Fsp3) is 0.529. The van der Waals surface area contributed by atoms with Crippen LogP contribution >= 0.6 is 0 Å². The Bertz CT molecular complexity index is 578. The van der Waals surface area contributed by atoms with Crippen LogP contribution in [0.5, 0.6) is 0 Å². The molecular weight excluding hydrogens is 264 g/mol. The lowest BCUT2D eigenvalue weighted by molar-refractivity contribution is -0.135. The largest absolute Gasteiger partial charge is 0.353 e. The standard InChI is InChI=1S/C17H24N2O2/c1-11-6-7-12(2)14(10-11)15(20)13(3)19-9-8-18-16(21)17(19,4)5/h6-7,10,13H,8-9H2,1-5H3,(H,18,21). The van der Waals surface area contributed by atoms with E-state index in [2.05, 4.69) is 5.32 Å². The molecule has 0 bridgehead atoms. The Morgan fingerprint density at radius 1 is 1.33 bits per heavy atom. The lowest BCUT2D eigenvalue weighted by Gasteiger charge is -2.44. The number of carbonyl (C=O) groups is 2. The summed E-state index contributed by atoms with van der Waals surface area (Å²) in [5.74, 6) is 0.0633. The van der Waals surface area contributed by atoms with Crippen molar-refractivity contribution in [2.24, 2.45) is 0 Å². The van der Waals surface area contributed by atoms with Crippen LogP contribution in [0.2, 0.25) is 0 Å². The average molecular weight is 288 g/mol. The van der Waals surface area contributed by atoms with Crippen LogP contribution in [0.4, 0.5) is 0 Å². The van der Waals surface area contributed by atoms with Crippen LogP contribution in [0.3, 0.4) is 0 Å². The van der Waals surface area contributed by atoms with E-state index in [1.165, 1.54) is 0 Å². The second kappa shape index (κ2) is 5.60. The van der Waals surface area contributed by atoms with Crippen molar-refractivity contribution in [2.75, 3.05) is 13.1 Å². The molecule has 4 nitrogen and oxygen atoms in total. The summed E-state index contributed by atoms with van der Waals surface area (Å²) in [6.45, 7) is 10.9. The minimum atomic E-state index is -0.662. The molecule has 1 aliphatic rings. The molecule has 0 radical (unpaired) electrons. The van der Waals surface area contributed by atoms with Crippen molar-refractivity contribution in [1.82, 2.24) is 10.2 Å². The molecule has 2 rings (SSSR count). The molecule has 1 aromatic rings. The molecule has 1 amide bonds. The maximum atomic E-state index is 12.8. The van der Waals surface area contributed by atoms with Gasteiger partial charge in [0.2, 0.25) is 5.91 Å². The lowest BCUT2D eigenvalue weighted by Crippen LogP contribution is -2.65. The minimum Gasteiger partial charge on any atom is -0.353 e. The Morgan fingerprint density at radius 3 is 2.67 bits per heavy atom. The Kier molecular flexibility index (Phi) is 4.19. The zero-order valence-electron chi connectivity index (χ0n) is 13.5. The van der Waals surface area contributed by atoms with Gasteiger partial charge in [-0.2, -0.15) is 0 Å². The summed E-state index contributed by atoms with van der Waals surface area (Å²) in [4.78, 5) is 26.9. The number of hydrogen-bond donors (Lipinski definition) is 1. The van der Waals surface area contributed by atoms with E-state index in [1.54, 1.807) is 0 Å². The van der Waals surface area contributed by atoms with Gasteiger partial charge in [-0.3, -0.25) is 14.5 Å². The molecule has 1 heterocycles. The highest BCUT2D eigenvalue weighted by Crippen LogP contribution is 2.24. The Morgan fingerprint density at radius 2 is 2.00 bits per heavy atom. The molecule has 1 aromatic carbocycles. The summed E-state index contributed by atoms with van der Waals surface area (Å²) in [6, 6.07) is 5.61. The van der Waals surface area contributed by atoms with E-state index < -0.39 is 5.54 Å². The van der Waals surface area contributed by atoms with Gasteiger partial charge in [-0.25, -0.2) is 0 Å². The number of ketones is 1. The third-order valence-corrected chi connectivity index (χ3v) is 4.42. The molecule has 1 atom stereocenters. The average Bonchev–Trinajstić information content (AvgIpc) is 2.43. The van der Waals surface area contributed by atoms with Gasteiger partial charge in [0, 0.05) is 18.7 Å². The Hall–Kier alpha value is -1.68. The maximum Gasteiger partial charge on any atom is 0.240 e. The second-order valence-electron chi connectivity index (χ2n) is 6.37.